The number of hydrogen-bond acceptors (Lipinski definition) is 3. The molecule has 0 heterocycles. The third-order valence-corrected chi connectivity index (χ3v) is 2.87. The van der Waals surface area contributed by atoms with E-state index >= 15 is 0 Å². The lowest BCUT2D eigenvalue weighted by Gasteiger charge is -2.20. The summed E-state index contributed by atoms with van der Waals surface area (Å²) in [5.41, 5.74) is 5.78. The highest BCUT2D eigenvalue weighted by Crippen LogP contribution is 2.02. The second-order valence-corrected chi connectivity index (χ2v) is 4.56. The summed E-state index contributed by atoms with van der Waals surface area (Å²) < 4.78 is 0. The summed E-state index contributed by atoms with van der Waals surface area (Å²) in [6.07, 6.45) is 6.54. The Kier molecular flexibility index (Phi) is 12.8. The molecule has 1 atom stereocenters. The van der Waals surface area contributed by atoms with Crippen molar-refractivity contribution in [2.75, 3.05) is 25.6 Å². The van der Waals surface area contributed by atoms with Crippen LogP contribution in [-0.4, -0.2) is 42.4 Å². The van der Waals surface area contributed by atoms with E-state index in [9.17, 15) is 4.79 Å². The number of nitrogens with two attached hydrogens (primary N) is 1. The number of carbonyl (C=O) groups is 1. The summed E-state index contributed by atoms with van der Waals surface area (Å²) in [6, 6.07) is -0.341. The van der Waals surface area contributed by atoms with Gasteiger partial charge in [0.25, 0.3) is 0 Å². The number of halogens is 1. The average Bonchev–Trinajstić information content (AvgIpc) is 2.24. The molecular weight excluding hydrogens is 244 g/mol. The van der Waals surface area contributed by atoms with Gasteiger partial charge in [-0.3, -0.25) is 4.79 Å². The minimum Gasteiger partial charge on any atom is -0.344 e. The van der Waals surface area contributed by atoms with Gasteiger partial charge in [0.2, 0.25) is 5.91 Å². The van der Waals surface area contributed by atoms with Gasteiger partial charge in [-0.25, -0.2) is 0 Å². The van der Waals surface area contributed by atoms with Gasteiger partial charge in [0.15, 0.2) is 0 Å². The zero-order chi connectivity index (χ0) is 11.7. The molecule has 2 N–H and O–H groups in total. The van der Waals surface area contributed by atoms with Crippen LogP contribution in [0.3, 0.4) is 0 Å². The van der Waals surface area contributed by atoms with Crippen molar-refractivity contribution >= 4 is 30.1 Å². The molecule has 0 aromatic carbocycles. The Morgan fingerprint density at radius 3 is 2.75 bits per heavy atom. The molecule has 0 aromatic heterocycles. The van der Waals surface area contributed by atoms with Crippen molar-refractivity contribution < 1.29 is 4.79 Å². The fourth-order valence-corrected chi connectivity index (χ4v) is 1.72. The van der Waals surface area contributed by atoms with E-state index in [2.05, 4.69) is 6.58 Å². The fraction of sp³-hybridized carbons (Fsp3) is 0.727. The molecule has 0 saturated heterocycles. The van der Waals surface area contributed by atoms with Crippen LogP contribution in [0.1, 0.15) is 19.3 Å². The van der Waals surface area contributed by atoms with Crippen molar-refractivity contribution in [1.82, 2.24) is 4.90 Å². The molecule has 3 nitrogen and oxygen atoms in total. The molecular formula is C11H23ClN2OS. The number of rotatable bonds is 8. The molecule has 0 bridgehead atoms. The average molecular weight is 267 g/mol. The van der Waals surface area contributed by atoms with Crippen molar-refractivity contribution in [3.8, 4) is 0 Å². The number of unbranched alkanes of at least 4 members (excludes halogenated alkanes) is 1. The van der Waals surface area contributed by atoms with E-state index in [-0.39, 0.29) is 24.4 Å². The van der Waals surface area contributed by atoms with Gasteiger partial charge in [-0.15, -0.1) is 19.0 Å². The van der Waals surface area contributed by atoms with E-state index in [4.69, 9.17) is 5.73 Å². The Bertz CT molecular complexity index is 202. The second kappa shape index (κ2) is 11.3. The summed E-state index contributed by atoms with van der Waals surface area (Å²) in [5.74, 6) is 0.987. The molecule has 0 aliphatic rings. The van der Waals surface area contributed by atoms with Gasteiger partial charge >= 0.3 is 0 Å². The van der Waals surface area contributed by atoms with Gasteiger partial charge in [-0.05, 0) is 31.3 Å². The van der Waals surface area contributed by atoms with E-state index < -0.39 is 0 Å². The lowest BCUT2D eigenvalue weighted by Crippen LogP contribution is -2.42. The van der Waals surface area contributed by atoms with Crippen LogP contribution in [0.15, 0.2) is 12.7 Å². The molecule has 0 aromatic rings. The van der Waals surface area contributed by atoms with Crippen LogP contribution in [0.5, 0.6) is 0 Å². The van der Waals surface area contributed by atoms with Gasteiger partial charge < -0.3 is 10.6 Å². The fourth-order valence-electron chi connectivity index (χ4n) is 1.23. The standard InChI is InChI=1S/C11H22N2OS.ClH/c1-4-5-6-8-13(2)11(14)10(12)7-9-15-3;/h4,10H,1,5-9,12H2,2-3H3;1H/t10-;/m0./s1. The van der Waals surface area contributed by atoms with Crippen LogP contribution in [0.2, 0.25) is 0 Å². The van der Waals surface area contributed by atoms with Gasteiger partial charge in [-0.1, -0.05) is 6.08 Å². The maximum Gasteiger partial charge on any atom is 0.239 e. The minimum absolute atomic E-state index is 0. The molecule has 0 aliphatic heterocycles. The van der Waals surface area contributed by atoms with E-state index in [0.717, 1.165) is 31.6 Å². The SMILES string of the molecule is C=CCCCN(C)C(=O)[C@@H](N)CCSC.Cl. The largest absolute Gasteiger partial charge is 0.344 e. The summed E-state index contributed by atoms with van der Waals surface area (Å²) in [5, 5.41) is 0. The predicted molar refractivity (Wildman–Crippen MR) is 75.3 cm³/mol. The lowest BCUT2D eigenvalue weighted by atomic mass is 10.2. The third-order valence-electron chi connectivity index (χ3n) is 2.23. The molecule has 5 heteroatoms. The Morgan fingerprint density at radius 2 is 2.25 bits per heavy atom. The smallest absolute Gasteiger partial charge is 0.239 e. The maximum absolute atomic E-state index is 11.7. The van der Waals surface area contributed by atoms with Crippen LogP contribution in [-0.2, 0) is 4.79 Å². The highest BCUT2D eigenvalue weighted by Gasteiger charge is 2.16. The van der Waals surface area contributed by atoms with Gasteiger partial charge in [0, 0.05) is 13.6 Å². The van der Waals surface area contributed by atoms with Crippen molar-refractivity contribution in [1.29, 1.82) is 0 Å². The normalized spacial score (nSPS) is 11.4. The minimum atomic E-state index is -0.341. The van der Waals surface area contributed by atoms with Crippen molar-refractivity contribution in [2.45, 2.75) is 25.3 Å². The van der Waals surface area contributed by atoms with Crippen molar-refractivity contribution in [3.63, 3.8) is 0 Å². The number of thioether (sulfide) groups is 1. The first-order valence-electron chi connectivity index (χ1n) is 5.23. The Labute approximate surface area is 109 Å². The zero-order valence-electron chi connectivity index (χ0n) is 10.1. The Hall–Kier alpha value is -0.190. The second-order valence-electron chi connectivity index (χ2n) is 3.58. The van der Waals surface area contributed by atoms with Gasteiger partial charge in [0.05, 0.1) is 6.04 Å². The first-order chi connectivity index (χ1) is 7.13. The quantitative estimate of drug-likeness (QED) is 0.539. The number of hydrogen-bond donors (Lipinski definition) is 1. The number of allylic oxidation sites excluding steroid dienone is 1. The van der Waals surface area contributed by atoms with Crippen LogP contribution in [0, 0.1) is 0 Å². The number of nitrogens with zero attached hydrogens (tertiary/aromatic N) is 1. The molecule has 1 amide bonds. The molecule has 96 valence electrons. The number of amides is 1. The number of carbonyl (C=O) groups excluding carboxylic acids is 1. The molecule has 16 heavy (non-hydrogen) atoms. The van der Waals surface area contributed by atoms with Crippen LogP contribution >= 0.6 is 24.2 Å². The van der Waals surface area contributed by atoms with Crippen molar-refractivity contribution in [3.05, 3.63) is 12.7 Å². The Balaban J connectivity index is 0. The molecule has 0 unspecified atom stereocenters. The summed E-state index contributed by atoms with van der Waals surface area (Å²) in [6.45, 7) is 4.41. The summed E-state index contributed by atoms with van der Waals surface area (Å²) >= 11 is 1.72. The molecule has 0 saturated carbocycles. The summed E-state index contributed by atoms with van der Waals surface area (Å²) in [7, 11) is 1.81. The highest BCUT2D eigenvalue weighted by molar-refractivity contribution is 7.98. The first-order valence-corrected chi connectivity index (χ1v) is 6.63. The molecule has 0 spiro atoms. The van der Waals surface area contributed by atoms with E-state index in [1.807, 2.05) is 19.4 Å². The Morgan fingerprint density at radius 1 is 1.62 bits per heavy atom. The zero-order valence-corrected chi connectivity index (χ0v) is 11.8. The van der Waals surface area contributed by atoms with Gasteiger partial charge in [0.1, 0.15) is 0 Å². The molecule has 0 rings (SSSR count). The lowest BCUT2D eigenvalue weighted by molar-refractivity contribution is -0.131. The van der Waals surface area contributed by atoms with Crippen LogP contribution in [0.25, 0.3) is 0 Å². The first kappa shape index (κ1) is 18.2. The van der Waals surface area contributed by atoms with Crippen LogP contribution < -0.4 is 5.73 Å². The third kappa shape index (κ3) is 8.02. The molecule has 0 fully saturated rings. The van der Waals surface area contributed by atoms with E-state index in [0.29, 0.717) is 0 Å². The number of likely N-dealkylation sites (N-methyl/N-ethyl adjacent to an activating group) is 1. The monoisotopic (exact) mass is 266 g/mol. The maximum atomic E-state index is 11.7. The predicted octanol–water partition coefficient (Wildman–Crippen LogP) is 1.91. The van der Waals surface area contributed by atoms with Crippen LogP contribution in [0.4, 0.5) is 0 Å². The van der Waals surface area contributed by atoms with Gasteiger partial charge in [-0.2, -0.15) is 11.8 Å². The molecule has 0 radical (unpaired) electrons. The van der Waals surface area contributed by atoms with Crippen molar-refractivity contribution in [2.24, 2.45) is 5.73 Å². The van der Waals surface area contributed by atoms with E-state index in [1.165, 1.54) is 0 Å². The highest BCUT2D eigenvalue weighted by atomic mass is 35.5. The topological polar surface area (TPSA) is 46.3 Å². The summed E-state index contributed by atoms with van der Waals surface area (Å²) in [4.78, 5) is 13.4. The molecule has 0 aliphatic carbocycles. The van der Waals surface area contributed by atoms with E-state index in [1.54, 1.807) is 16.7 Å².